The zero-order valence-corrected chi connectivity index (χ0v) is 9.10. The van der Waals surface area contributed by atoms with Crippen LogP contribution in [0.25, 0.3) is 0 Å². The first kappa shape index (κ1) is 13.3. The van der Waals surface area contributed by atoms with Gasteiger partial charge in [0.1, 0.15) is 0 Å². The van der Waals surface area contributed by atoms with Crippen LogP contribution in [0.1, 0.15) is 20.3 Å². The van der Waals surface area contributed by atoms with Crippen molar-refractivity contribution < 1.29 is 17.8 Å². The SMILES string of the molecule is CC(C)(NCCCS(=O)(=O)O)C(N)=O. The number of hydrogen-bond acceptors (Lipinski definition) is 4. The van der Waals surface area contributed by atoms with Gasteiger partial charge in [0.05, 0.1) is 11.3 Å². The summed E-state index contributed by atoms with van der Waals surface area (Å²) < 4.78 is 29.1. The first-order valence-electron chi connectivity index (χ1n) is 4.15. The fourth-order valence-electron chi connectivity index (χ4n) is 0.743. The van der Waals surface area contributed by atoms with E-state index in [0.29, 0.717) is 6.54 Å². The first-order chi connectivity index (χ1) is 6.15. The molecule has 0 aromatic heterocycles. The number of nitrogens with one attached hydrogen (secondary N) is 1. The van der Waals surface area contributed by atoms with Crippen LogP contribution in [0.2, 0.25) is 0 Å². The second-order valence-electron chi connectivity index (χ2n) is 3.56. The minimum absolute atomic E-state index is 0.232. The van der Waals surface area contributed by atoms with Gasteiger partial charge in [0, 0.05) is 0 Å². The molecular formula is C7H16N2O4S. The van der Waals surface area contributed by atoms with Gasteiger partial charge in [-0.25, -0.2) is 0 Å². The molecule has 0 atom stereocenters. The van der Waals surface area contributed by atoms with Crippen LogP contribution in [0, 0.1) is 0 Å². The summed E-state index contributed by atoms with van der Waals surface area (Å²) in [5.41, 5.74) is 4.21. The van der Waals surface area contributed by atoms with Crippen LogP contribution in [-0.2, 0) is 14.9 Å². The molecule has 7 heteroatoms. The van der Waals surface area contributed by atoms with Gasteiger partial charge in [-0.2, -0.15) is 8.42 Å². The third-order valence-electron chi connectivity index (χ3n) is 1.76. The van der Waals surface area contributed by atoms with Crippen molar-refractivity contribution in [2.24, 2.45) is 5.73 Å². The third-order valence-corrected chi connectivity index (χ3v) is 2.57. The maximum atomic E-state index is 10.8. The molecule has 0 aliphatic carbocycles. The van der Waals surface area contributed by atoms with Gasteiger partial charge in [-0.1, -0.05) is 0 Å². The molecule has 0 bridgehead atoms. The van der Waals surface area contributed by atoms with Crippen LogP contribution in [0.5, 0.6) is 0 Å². The number of carbonyl (C=O) groups is 1. The van der Waals surface area contributed by atoms with Gasteiger partial charge in [0.15, 0.2) is 0 Å². The van der Waals surface area contributed by atoms with E-state index in [1.165, 1.54) is 0 Å². The van der Waals surface area contributed by atoms with E-state index in [1.807, 2.05) is 0 Å². The highest BCUT2D eigenvalue weighted by Crippen LogP contribution is 2.00. The van der Waals surface area contributed by atoms with Crippen molar-refractivity contribution in [2.75, 3.05) is 12.3 Å². The van der Waals surface area contributed by atoms with E-state index in [0.717, 1.165) is 0 Å². The predicted octanol–water partition coefficient (Wildman–Crippen LogP) is -0.882. The summed E-state index contributed by atoms with van der Waals surface area (Å²) in [5, 5.41) is 2.78. The van der Waals surface area contributed by atoms with Crippen molar-refractivity contribution in [3.05, 3.63) is 0 Å². The lowest BCUT2D eigenvalue weighted by Gasteiger charge is -2.21. The molecule has 0 unspecified atom stereocenters. The Morgan fingerprint density at radius 2 is 2.00 bits per heavy atom. The maximum absolute atomic E-state index is 10.8. The second-order valence-corrected chi connectivity index (χ2v) is 5.13. The van der Waals surface area contributed by atoms with Crippen molar-refractivity contribution in [2.45, 2.75) is 25.8 Å². The first-order valence-corrected chi connectivity index (χ1v) is 5.76. The summed E-state index contributed by atoms with van der Waals surface area (Å²) in [6.07, 6.45) is 0.232. The van der Waals surface area contributed by atoms with Gasteiger partial charge in [-0.3, -0.25) is 9.35 Å². The molecule has 0 spiro atoms. The van der Waals surface area contributed by atoms with E-state index in [4.69, 9.17) is 10.3 Å². The van der Waals surface area contributed by atoms with Gasteiger partial charge >= 0.3 is 0 Å². The topological polar surface area (TPSA) is 109 Å². The molecule has 0 saturated heterocycles. The van der Waals surface area contributed by atoms with Crippen molar-refractivity contribution in [1.82, 2.24) is 5.32 Å². The fourth-order valence-corrected chi connectivity index (χ4v) is 1.25. The lowest BCUT2D eigenvalue weighted by Crippen LogP contribution is -2.51. The van der Waals surface area contributed by atoms with Crippen molar-refractivity contribution >= 4 is 16.0 Å². The Balaban J connectivity index is 3.81. The van der Waals surface area contributed by atoms with E-state index >= 15 is 0 Å². The number of hydrogen-bond donors (Lipinski definition) is 3. The highest BCUT2D eigenvalue weighted by atomic mass is 32.2. The summed E-state index contributed by atoms with van der Waals surface area (Å²) in [6.45, 7) is 3.50. The average Bonchev–Trinajstić information content (AvgIpc) is 1.96. The summed E-state index contributed by atoms with van der Waals surface area (Å²) in [7, 11) is -3.92. The smallest absolute Gasteiger partial charge is 0.264 e. The Hall–Kier alpha value is -0.660. The van der Waals surface area contributed by atoms with Crippen LogP contribution < -0.4 is 11.1 Å². The third kappa shape index (κ3) is 5.90. The van der Waals surface area contributed by atoms with Crippen molar-refractivity contribution in [3.8, 4) is 0 Å². The van der Waals surface area contributed by atoms with Crippen LogP contribution in [-0.4, -0.2) is 36.7 Å². The normalized spacial score (nSPS) is 12.8. The number of nitrogens with two attached hydrogens (primary N) is 1. The Morgan fingerprint density at radius 3 is 2.36 bits per heavy atom. The largest absolute Gasteiger partial charge is 0.368 e. The quantitative estimate of drug-likeness (QED) is 0.401. The minimum Gasteiger partial charge on any atom is -0.368 e. The molecule has 14 heavy (non-hydrogen) atoms. The van der Waals surface area contributed by atoms with E-state index in [-0.39, 0.29) is 12.2 Å². The molecule has 84 valence electrons. The maximum Gasteiger partial charge on any atom is 0.264 e. The number of amides is 1. The standard InChI is InChI=1S/C7H16N2O4S/c1-7(2,6(8)10)9-4-3-5-14(11,12)13/h9H,3-5H2,1-2H3,(H2,8,10)(H,11,12,13). The van der Waals surface area contributed by atoms with E-state index in [9.17, 15) is 13.2 Å². The van der Waals surface area contributed by atoms with E-state index < -0.39 is 21.6 Å². The average molecular weight is 224 g/mol. The Bertz CT molecular complexity index is 297. The van der Waals surface area contributed by atoms with Crippen molar-refractivity contribution in [3.63, 3.8) is 0 Å². The summed E-state index contributed by atoms with van der Waals surface area (Å²) in [4.78, 5) is 10.8. The Labute approximate surface area is 83.6 Å². The highest BCUT2D eigenvalue weighted by Gasteiger charge is 2.23. The summed E-state index contributed by atoms with van der Waals surface area (Å²) in [6, 6.07) is 0. The Kier molecular flexibility index (Phi) is 4.50. The molecule has 0 heterocycles. The van der Waals surface area contributed by atoms with Crippen LogP contribution >= 0.6 is 0 Å². The van der Waals surface area contributed by atoms with Gasteiger partial charge in [-0.15, -0.1) is 0 Å². The number of carbonyl (C=O) groups excluding carboxylic acids is 1. The molecule has 4 N–H and O–H groups in total. The van der Waals surface area contributed by atoms with Crippen LogP contribution in [0.15, 0.2) is 0 Å². The zero-order chi connectivity index (χ0) is 11.4. The van der Waals surface area contributed by atoms with Gasteiger partial charge < -0.3 is 11.1 Å². The Morgan fingerprint density at radius 1 is 1.50 bits per heavy atom. The van der Waals surface area contributed by atoms with E-state index in [1.54, 1.807) is 13.8 Å². The van der Waals surface area contributed by atoms with Gasteiger partial charge in [0.2, 0.25) is 5.91 Å². The molecule has 6 nitrogen and oxygen atoms in total. The molecule has 0 radical (unpaired) electrons. The van der Waals surface area contributed by atoms with Crippen LogP contribution in [0.3, 0.4) is 0 Å². The predicted molar refractivity (Wildman–Crippen MR) is 52.3 cm³/mol. The van der Waals surface area contributed by atoms with Crippen LogP contribution in [0.4, 0.5) is 0 Å². The van der Waals surface area contributed by atoms with Gasteiger partial charge in [-0.05, 0) is 26.8 Å². The molecule has 0 aromatic rings. The lowest BCUT2D eigenvalue weighted by molar-refractivity contribution is -0.123. The van der Waals surface area contributed by atoms with E-state index in [2.05, 4.69) is 5.32 Å². The fraction of sp³-hybridized carbons (Fsp3) is 0.857. The molecule has 0 saturated carbocycles. The number of rotatable bonds is 6. The highest BCUT2D eigenvalue weighted by molar-refractivity contribution is 7.85. The molecular weight excluding hydrogens is 208 g/mol. The monoisotopic (exact) mass is 224 g/mol. The zero-order valence-electron chi connectivity index (χ0n) is 8.28. The lowest BCUT2D eigenvalue weighted by atomic mass is 10.1. The molecule has 0 rings (SSSR count). The molecule has 0 aliphatic heterocycles. The second kappa shape index (κ2) is 4.72. The molecule has 0 aliphatic rings. The molecule has 1 amide bonds. The summed E-state index contributed by atoms with van der Waals surface area (Å²) in [5.74, 6) is -0.834. The molecule has 0 aromatic carbocycles. The van der Waals surface area contributed by atoms with Crippen molar-refractivity contribution in [1.29, 1.82) is 0 Å². The minimum atomic E-state index is -3.92. The van der Waals surface area contributed by atoms with Gasteiger partial charge in [0.25, 0.3) is 10.1 Å². The number of primary amides is 1. The molecule has 0 fully saturated rings. The summed E-state index contributed by atoms with van der Waals surface area (Å²) >= 11 is 0.